The van der Waals surface area contributed by atoms with E-state index < -0.39 is 0 Å². The number of nitrogens with zero attached hydrogens (tertiary/aromatic N) is 3. The molecule has 0 radical (unpaired) electrons. The van der Waals surface area contributed by atoms with Crippen molar-refractivity contribution in [2.75, 3.05) is 31.6 Å². The molecule has 0 atom stereocenters. The number of aryl methyl sites for hydroxylation is 1. The summed E-state index contributed by atoms with van der Waals surface area (Å²) in [5, 5.41) is 4.25. The maximum atomic E-state index is 12.1. The number of ether oxygens (including phenoxy) is 1. The predicted molar refractivity (Wildman–Crippen MR) is 119 cm³/mol. The molecule has 0 saturated carbocycles. The minimum absolute atomic E-state index is 0.000328. The first-order valence-electron chi connectivity index (χ1n) is 10.4. The van der Waals surface area contributed by atoms with E-state index in [0.717, 1.165) is 48.4 Å². The summed E-state index contributed by atoms with van der Waals surface area (Å²) < 4.78 is 7.59. The minimum Gasteiger partial charge on any atom is -0.494 e. The molecule has 3 rings (SSSR count). The molecule has 2 heterocycles. The molecule has 0 unspecified atom stereocenters. The Hall–Kier alpha value is -2.86. The van der Waals surface area contributed by atoms with Gasteiger partial charge in [-0.15, -0.1) is 0 Å². The number of aromatic nitrogens is 2. The van der Waals surface area contributed by atoms with Crippen LogP contribution in [0.5, 0.6) is 5.75 Å². The van der Waals surface area contributed by atoms with E-state index >= 15 is 0 Å². The van der Waals surface area contributed by atoms with Crippen LogP contribution in [-0.2, 0) is 6.54 Å². The van der Waals surface area contributed by atoms with Gasteiger partial charge in [0.1, 0.15) is 11.6 Å². The summed E-state index contributed by atoms with van der Waals surface area (Å²) in [5.74, 6) is 1.57. The molecule has 29 heavy (non-hydrogen) atoms. The second-order valence-electron chi connectivity index (χ2n) is 6.92. The molecule has 0 saturated heterocycles. The average molecular weight is 395 g/mol. The first kappa shape index (κ1) is 20.9. The number of nitrogens with one attached hydrogen (secondary N) is 1. The monoisotopic (exact) mass is 394 g/mol. The van der Waals surface area contributed by atoms with Gasteiger partial charge in [-0.3, -0.25) is 4.79 Å². The van der Waals surface area contributed by atoms with Crippen LogP contribution >= 0.6 is 0 Å². The van der Waals surface area contributed by atoms with Crippen molar-refractivity contribution in [2.24, 2.45) is 0 Å². The zero-order chi connectivity index (χ0) is 20.6. The van der Waals surface area contributed by atoms with Crippen LogP contribution in [0, 0.1) is 0 Å². The summed E-state index contributed by atoms with van der Waals surface area (Å²) in [4.78, 5) is 18.9. The number of rotatable bonds is 10. The normalized spacial score (nSPS) is 11.2. The fourth-order valence-electron chi connectivity index (χ4n) is 3.38. The summed E-state index contributed by atoms with van der Waals surface area (Å²) in [6, 6.07) is 13.2. The van der Waals surface area contributed by atoms with Crippen molar-refractivity contribution in [3.8, 4) is 5.75 Å². The van der Waals surface area contributed by atoms with Crippen LogP contribution in [0.1, 0.15) is 27.2 Å². The minimum atomic E-state index is -0.000328. The molecule has 3 aromatic rings. The lowest BCUT2D eigenvalue weighted by Gasteiger charge is -2.17. The Labute approximate surface area is 172 Å². The second kappa shape index (κ2) is 10.1. The molecule has 0 bridgehead atoms. The fourth-order valence-corrected chi connectivity index (χ4v) is 3.38. The molecule has 0 aliphatic carbocycles. The Balaban J connectivity index is 1.62. The zero-order valence-electron chi connectivity index (χ0n) is 17.5. The van der Waals surface area contributed by atoms with Crippen molar-refractivity contribution in [1.82, 2.24) is 14.5 Å². The van der Waals surface area contributed by atoms with Crippen molar-refractivity contribution in [3.05, 3.63) is 59.0 Å². The van der Waals surface area contributed by atoms with Gasteiger partial charge >= 0.3 is 0 Å². The lowest BCUT2D eigenvalue weighted by atomic mass is 10.2. The van der Waals surface area contributed by atoms with E-state index in [0.29, 0.717) is 19.0 Å². The summed E-state index contributed by atoms with van der Waals surface area (Å²) >= 11 is 0. The Morgan fingerprint density at radius 2 is 1.83 bits per heavy atom. The largest absolute Gasteiger partial charge is 0.494 e. The highest BCUT2D eigenvalue weighted by atomic mass is 16.5. The molecule has 0 spiro atoms. The molecule has 0 aliphatic heterocycles. The van der Waals surface area contributed by atoms with Gasteiger partial charge in [0, 0.05) is 42.5 Å². The SMILES string of the molecule is CCN(CC)CCCOc1ccc(Nc2cc3c(ccc(=O)n3CC)cn2)cc1. The smallest absolute Gasteiger partial charge is 0.251 e. The van der Waals surface area contributed by atoms with Gasteiger partial charge in [-0.25, -0.2) is 4.98 Å². The van der Waals surface area contributed by atoms with Crippen LogP contribution in [0.3, 0.4) is 0 Å². The molecule has 2 aromatic heterocycles. The summed E-state index contributed by atoms with van der Waals surface area (Å²) in [6.07, 6.45) is 2.80. The molecule has 1 aromatic carbocycles. The molecule has 6 nitrogen and oxygen atoms in total. The lowest BCUT2D eigenvalue weighted by Crippen LogP contribution is -2.25. The number of pyridine rings is 2. The van der Waals surface area contributed by atoms with Crippen LogP contribution in [-0.4, -0.2) is 40.7 Å². The average Bonchev–Trinajstić information content (AvgIpc) is 2.75. The van der Waals surface area contributed by atoms with E-state index in [1.807, 2.05) is 43.3 Å². The molecule has 0 aliphatic rings. The Bertz CT molecular complexity index is 978. The van der Waals surface area contributed by atoms with E-state index in [-0.39, 0.29) is 5.56 Å². The topological polar surface area (TPSA) is 59.4 Å². The molecular weight excluding hydrogens is 364 g/mol. The van der Waals surface area contributed by atoms with Crippen molar-refractivity contribution < 1.29 is 4.74 Å². The van der Waals surface area contributed by atoms with E-state index in [1.54, 1.807) is 16.8 Å². The lowest BCUT2D eigenvalue weighted by molar-refractivity contribution is 0.249. The van der Waals surface area contributed by atoms with Crippen LogP contribution in [0.15, 0.2) is 53.5 Å². The first-order valence-corrected chi connectivity index (χ1v) is 10.4. The first-order chi connectivity index (χ1) is 14.1. The maximum Gasteiger partial charge on any atom is 0.251 e. The number of fused-ring (bicyclic) bond motifs is 1. The van der Waals surface area contributed by atoms with Gasteiger partial charge in [-0.1, -0.05) is 13.8 Å². The number of anilines is 2. The molecule has 6 heteroatoms. The molecule has 0 fully saturated rings. The maximum absolute atomic E-state index is 12.1. The highest BCUT2D eigenvalue weighted by Crippen LogP contribution is 2.21. The molecule has 0 amide bonds. The highest BCUT2D eigenvalue weighted by Gasteiger charge is 2.05. The number of hydrogen-bond acceptors (Lipinski definition) is 5. The zero-order valence-corrected chi connectivity index (χ0v) is 17.5. The number of hydrogen-bond donors (Lipinski definition) is 1. The van der Waals surface area contributed by atoms with Crippen LogP contribution in [0.4, 0.5) is 11.5 Å². The van der Waals surface area contributed by atoms with Crippen LogP contribution in [0.25, 0.3) is 10.9 Å². The van der Waals surface area contributed by atoms with Gasteiger partial charge in [-0.2, -0.15) is 0 Å². The van der Waals surface area contributed by atoms with Gasteiger partial charge in [0.05, 0.1) is 12.1 Å². The molecular formula is C23H30N4O2. The molecule has 154 valence electrons. The van der Waals surface area contributed by atoms with Gasteiger partial charge < -0.3 is 19.5 Å². The van der Waals surface area contributed by atoms with Crippen molar-refractivity contribution in [2.45, 2.75) is 33.7 Å². The summed E-state index contributed by atoms with van der Waals surface area (Å²) in [5.41, 5.74) is 1.80. The third-order valence-electron chi connectivity index (χ3n) is 5.10. The standard InChI is InChI=1S/C23H30N4O2/c1-4-26(5-2)14-7-15-29-20-11-9-19(10-12-20)25-22-16-21-18(17-24-22)8-13-23(28)27(21)6-3/h8-13,16-17H,4-7,14-15H2,1-3H3,(H,24,25). The van der Waals surface area contributed by atoms with E-state index in [1.165, 1.54) is 0 Å². The van der Waals surface area contributed by atoms with E-state index in [9.17, 15) is 4.79 Å². The third-order valence-corrected chi connectivity index (χ3v) is 5.10. The highest BCUT2D eigenvalue weighted by molar-refractivity contribution is 5.81. The quantitative estimate of drug-likeness (QED) is 0.521. The Morgan fingerprint density at radius 3 is 2.52 bits per heavy atom. The predicted octanol–water partition coefficient (Wildman–Crippen LogP) is 4.27. The van der Waals surface area contributed by atoms with Gasteiger partial charge in [0.2, 0.25) is 0 Å². The Morgan fingerprint density at radius 1 is 1.07 bits per heavy atom. The molecule has 1 N–H and O–H groups in total. The summed E-state index contributed by atoms with van der Waals surface area (Å²) in [7, 11) is 0. The van der Waals surface area contributed by atoms with Crippen LogP contribution < -0.4 is 15.6 Å². The number of benzene rings is 1. The summed E-state index contributed by atoms with van der Waals surface area (Å²) in [6.45, 7) is 10.9. The van der Waals surface area contributed by atoms with E-state index in [2.05, 4.69) is 29.0 Å². The van der Waals surface area contributed by atoms with Gasteiger partial charge in [0.15, 0.2) is 0 Å². The van der Waals surface area contributed by atoms with Crippen molar-refractivity contribution in [1.29, 1.82) is 0 Å². The van der Waals surface area contributed by atoms with Crippen molar-refractivity contribution in [3.63, 3.8) is 0 Å². The second-order valence-corrected chi connectivity index (χ2v) is 6.92. The van der Waals surface area contributed by atoms with Gasteiger partial charge in [0.25, 0.3) is 5.56 Å². The van der Waals surface area contributed by atoms with E-state index in [4.69, 9.17) is 4.74 Å². The third kappa shape index (κ3) is 5.35. The Kier molecular flexibility index (Phi) is 7.25. The van der Waals surface area contributed by atoms with Gasteiger partial charge in [-0.05, 0) is 56.8 Å². The van der Waals surface area contributed by atoms with Crippen LogP contribution in [0.2, 0.25) is 0 Å². The van der Waals surface area contributed by atoms with Crippen molar-refractivity contribution >= 4 is 22.4 Å². The fraction of sp³-hybridized carbons (Fsp3) is 0.391.